The van der Waals surface area contributed by atoms with Crippen molar-refractivity contribution >= 4 is 0 Å². The van der Waals surface area contributed by atoms with Gasteiger partial charge >= 0.3 is 0 Å². The zero-order valence-electron chi connectivity index (χ0n) is 10.3. The lowest BCUT2D eigenvalue weighted by Crippen LogP contribution is -1.97. The zero-order valence-corrected chi connectivity index (χ0v) is 10.3. The van der Waals surface area contributed by atoms with Gasteiger partial charge in [0.15, 0.2) is 0 Å². The number of aromatic hydroxyl groups is 1. The molecule has 0 bridgehead atoms. The fourth-order valence-corrected chi connectivity index (χ4v) is 1.71. The monoisotopic (exact) mass is 222 g/mol. The van der Waals surface area contributed by atoms with Crippen molar-refractivity contribution in [1.29, 1.82) is 0 Å². The van der Waals surface area contributed by atoms with Crippen LogP contribution in [-0.4, -0.2) is 11.7 Å². The molecular weight excluding hydrogens is 200 g/mol. The molecule has 0 saturated carbocycles. The van der Waals surface area contributed by atoms with E-state index in [1.54, 1.807) is 12.1 Å². The fourth-order valence-electron chi connectivity index (χ4n) is 1.71. The van der Waals surface area contributed by atoms with Crippen LogP contribution in [0.2, 0.25) is 0 Å². The Labute approximate surface area is 98.3 Å². The first-order chi connectivity index (χ1) is 7.72. The molecule has 0 saturated heterocycles. The molecule has 0 spiro atoms. The van der Waals surface area contributed by atoms with Crippen molar-refractivity contribution in [3.63, 3.8) is 0 Å². The van der Waals surface area contributed by atoms with Gasteiger partial charge in [0.05, 0.1) is 6.61 Å². The van der Waals surface area contributed by atoms with Crippen LogP contribution in [0.15, 0.2) is 18.2 Å². The Bertz CT molecular complexity index is 287. The molecule has 0 aliphatic heterocycles. The van der Waals surface area contributed by atoms with Crippen LogP contribution in [0.1, 0.15) is 44.6 Å². The van der Waals surface area contributed by atoms with E-state index in [9.17, 15) is 5.11 Å². The molecule has 1 aromatic rings. The van der Waals surface area contributed by atoms with E-state index >= 15 is 0 Å². The SMILES string of the molecule is CCCCCCCOc1cc(C)cc(O)c1. The lowest BCUT2D eigenvalue weighted by Gasteiger charge is -2.07. The third-order valence-corrected chi connectivity index (χ3v) is 2.55. The van der Waals surface area contributed by atoms with Crippen LogP contribution in [-0.2, 0) is 0 Å². The largest absolute Gasteiger partial charge is 0.508 e. The summed E-state index contributed by atoms with van der Waals surface area (Å²) in [5.41, 5.74) is 1.03. The Kier molecular flexibility index (Phi) is 5.76. The highest BCUT2D eigenvalue weighted by atomic mass is 16.5. The van der Waals surface area contributed by atoms with Gasteiger partial charge in [-0.15, -0.1) is 0 Å². The van der Waals surface area contributed by atoms with Gasteiger partial charge in [-0.25, -0.2) is 0 Å². The molecule has 0 amide bonds. The second-order valence-electron chi connectivity index (χ2n) is 4.27. The van der Waals surface area contributed by atoms with E-state index < -0.39 is 0 Å². The van der Waals surface area contributed by atoms with Crippen molar-refractivity contribution in [2.24, 2.45) is 0 Å². The van der Waals surface area contributed by atoms with Crippen LogP contribution < -0.4 is 4.74 Å². The number of hydrogen-bond acceptors (Lipinski definition) is 2. The predicted octanol–water partition coefficient (Wildman–Crippen LogP) is 4.05. The van der Waals surface area contributed by atoms with Gasteiger partial charge in [-0.3, -0.25) is 0 Å². The summed E-state index contributed by atoms with van der Waals surface area (Å²) in [5.74, 6) is 1.05. The lowest BCUT2D eigenvalue weighted by atomic mass is 10.2. The number of phenols is 1. The van der Waals surface area contributed by atoms with Crippen molar-refractivity contribution in [3.05, 3.63) is 23.8 Å². The minimum atomic E-state index is 0.279. The van der Waals surface area contributed by atoms with Crippen LogP contribution >= 0.6 is 0 Å². The molecule has 2 heteroatoms. The van der Waals surface area contributed by atoms with E-state index in [1.165, 1.54) is 25.7 Å². The molecule has 0 fully saturated rings. The van der Waals surface area contributed by atoms with Gasteiger partial charge in [0.25, 0.3) is 0 Å². The van der Waals surface area contributed by atoms with Gasteiger partial charge in [0.1, 0.15) is 11.5 Å². The molecule has 0 heterocycles. The summed E-state index contributed by atoms with van der Waals surface area (Å²) in [6.07, 6.45) is 6.19. The van der Waals surface area contributed by atoms with Crippen LogP contribution in [0.25, 0.3) is 0 Å². The number of phenolic OH excluding ortho intramolecular Hbond substituents is 1. The molecule has 0 aliphatic carbocycles. The van der Waals surface area contributed by atoms with Crippen LogP contribution in [0.3, 0.4) is 0 Å². The summed E-state index contributed by atoms with van der Waals surface area (Å²) < 4.78 is 5.59. The van der Waals surface area contributed by atoms with Crippen molar-refractivity contribution in [2.75, 3.05) is 6.61 Å². The Hall–Kier alpha value is -1.18. The molecule has 0 atom stereocenters. The molecule has 1 rings (SSSR count). The van der Waals surface area contributed by atoms with Gasteiger partial charge in [-0.1, -0.05) is 32.6 Å². The molecule has 16 heavy (non-hydrogen) atoms. The zero-order chi connectivity index (χ0) is 11.8. The molecule has 0 radical (unpaired) electrons. The second-order valence-corrected chi connectivity index (χ2v) is 4.27. The summed E-state index contributed by atoms with van der Waals surface area (Å²) in [6, 6.07) is 5.35. The maximum absolute atomic E-state index is 9.39. The Balaban J connectivity index is 2.21. The molecule has 0 unspecified atom stereocenters. The van der Waals surface area contributed by atoms with Crippen LogP contribution in [0.4, 0.5) is 0 Å². The van der Waals surface area contributed by atoms with E-state index in [0.29, 0.717) is 0 Å². The van der Waals surface area contributed by atoms with E-state index in [1.807, 2.05) is 13.0 Å². The summed E-state index contributed by atoms with van der Waals surface area (Å²) in [5, 5.41) is 9.39. The topological polar surface area (TPSA) is 29.5 Å². The minimum absolute atomic E-state index is 0.279. The van der Waals surface area contributed by atoms with E-state index in [4.69, 9.17) is 4.74 Å². The Morgan fingerprint density at radius 1 is 1.06 bits per heavy atom. The molecule has 0 aromatic heterocycles. The first-order valence-electron chi connectivity index (χ1n) is 6.16. The normalized spacial score (nSPS) is 10.4. The number of benzene rings is 1. The van der Waals surface area contributed by atoms with Crippen molar-refractivity contribution in [1.82, 2.24) is 0 Å². The third kappa shape index (κ3) is 5.06. The first kappa shape index (κ1) is 12.9. The molecule has 1 aromatic carbocycles. The van der Waals surface area contributed by atoms with Gasteiger partial charge in [0, 0.05) is 6.07 Å². The number of rotatable bonds is 7. The smallest absolute Gasteiger partial charge is 0.123 e. The summed E-state index contributed by atoms with van der Waals surface area (Å²) in [6.45, 7) is 4.91. The second kappa shape index (κ2) is 7.15. The lowest BCUT2D eigenvalue weighted by molar-refractivity contribution is 0.303. The highest BCUT2D eigenvalue weighted by Crippen LogP contribution is 2.21. The summed E-state index contributed by atoms with van der Waals surface area (Å²) in [7, 11) is 0. The predicted molar refractivity (Wildman–Crippen MR) is 67.1 cm³/mol. The highest BCUT2D eigenvalue weighted by Gasteiger charge is 1.98. The van der Waals surface area contributed by atoms with Crippen LogP contribution in [0.5, 0.6) is 11.5 Å². The molecule has 0 aliphatic rings. The Morgan fingerprint density at radius 3 is 2.50 bits per heavy atom. The van der Waals surface area contributed by atoms with E-state index in [2.05, 4.69) is 6.92 Å². The summed E-state index contributed by atoms with van der Waals surface area (Å²) >= 11 is 0. The average molecular weight is 222 g/mol. The van der Waals surface area contributed by atoms with Crippen molar-refractivity contribution < 1.29 is 9.84 Å². The van der Waals surface area contributed by atoms with Crippen molar-refractivity contribution in [2.45, 2.75) is 46.0 Å². The van der Waals surface area contributed by atoms with Crippen LogP contribution in [0, 0.1) is 6.92 Å². The quantitative estimate of drug-likeness (QED) is 0.705. The Morgan fingerprint density at radius 2 is 1.81 bits per heavy atom. The van der Waals surface area contributed by atoms with Gasteiger partial charge in [-0.05, 0) is 31.0 Å². The molecule has 2 nitrogen and oxygen atoms in total. The maximum Gasteiger partial charge on any atom is 0.123 e. The first-order valence-corrected chi connectivity index (χ1v) is 6.16. The average Bonchev–Trinajstić information content (AvgIpc) is 2.22. The van der Waals surface area contributed by atoms with Gasteiger partial charge in [-0.2, -0.15) is 0 Å². The highest BCUT2D eigenvalue weighted by molar-refractivity contribution is 5.36. The number of aryl methyl sites for hydroxylation is 1. The molecule has 90 valence electrons. The third-order valence-electron chi connectivity index (χ3n) is 2.55. The molecular formula is C14H22O2. The number of unbranched alkanes of at least 4 members (excludes halogenated alkanes) is 4. The van der Waals surface area contributed by atoms with E-state index in [-0.39, 0.29) is 5.75 Å². The maximum atomic E-state index is 9.39. The number of ether oxygens (including phenoxy) is 1. The number of hydrogen-bond donors (Lipinski definition) is 1. The van der Waals surface area contributed by atoms with Gasteiger partial charge in [0.2, 0.25) is 0 Å². The van der Waals surface area contributed by atoms with E-state index in [0.717, 1.165) is 24.3 Å². The fraction of sp³-hybridized carbons (Fsp3) is 0.571. The standard InChI is InChI=1S/C14H22O2/c1-3-4-5-6-7-8-16-14-10-12(2)9-13(15)11-14/h9-11,15H,3-8H2,1-2H3. The van der Waals surface area contributed by atoms with Gasteiger partial charge < -0.3 is 9.84 Å². The minimum Gasteiger partial charge on any atom is -0.508 e. The molecule has 1 N–H and O–H groups in total. The summed E-state index contributed by atoms with van der Waals surface area (Å²) in [4.78, 5) is 0. The van der Waals surface area contributed by atoms with Crippen molar-refractivity contribution in [3.8, 4) is 11.5 Å².